The lowest BCUT2D eigenvalue weighted by molar-refractivity contribution is 0.616. The van der Waals surface area contributed by atoms with E-state index in [0.29, 0.717) is 0 Å². The number of rotatable bonds is 6. The molecule has 0 fully saturated rings. The zero-order valence-electron chi connectivity index (χ0n) is 29.0. The highest BCUT2D eigenvalue weighted by Gasteiger charge is 2.38. The van der Waals surface area contributed by atoms with Gasteiger partial charge in [-0.05, 0) is 109 Å². The maximum absolute atomic E-state index is 4.65. The van der Waals surface area contributed by atoms with E-state index in [9.17, 15) is 0 Å². The highest BCUT2D eigenvalue weighted by molar-refractivity contribution is 5.82. The zero-order chi connectivity index (χ0) is 34.5. The molecule has 0 unspecified atom stereocenters. The summed E-state index contributed by atoms with van der Waals surface area (Å²) in [4.78, 5) is 15.7. The van der Waals surface area contributed by atoms with E-state index in [1.807, 2.05) is 54.7 Å². The molecule has 1 aliphatic rings. The molecule has 0 radical (unpaired) electrons. The van der Waals surface area contributed by atoms with E-state index < -0.39 is 0 Å². The van der Waals surface area contributed by atoms with Gasteiger partial charge in [0.15, 0.2) is 0 Å². The van der Waals surface area contributed by atoms with Gasteiger partial charge in [0.1, 0.15) is 11.6 Å². The van der Waals surface area contributed by atoms with Gasteiger partial charge in [-0.25, -0.2) is 9.98 Å². The summed E-state index contributed by atoms with van der Waals surface area (Å²) in [5.74, 6) is 1.56. The number of hydrogen-bond donors (Lipinski definition) is 0. The van der Waals surface area contributed by atoms with Crippen LogP contribution in [0.1, 0.15) is 36.2 Å². The van der Waals surface area contributed by atoms with Crippen LogP contribution in [-0.2, 0) is 5.41 Å². The van der Waals surface area contributed by atoms with Crippen LogP contribution in [0.15, 0.2) is 163 Å². The Morgan fingerprint density at radius 3 is 1.96 bits per heavy atom. The van der Waals surface area contributed by atoms with E-state index in [2.05, 4.69) is 147 Å². The van der Waals surface area contributed by atoms with Crippen LogP contribution in [0.3, 0.4) is 0 Å². The van der Waals surface area contributed by atoms with E-state index >= 15 is 0 Å². The molecule has 6 aromatic rings. The number of aliphatic imine (C=N–C) groups is 1. The second-order valence-corrected chi connectivity index (χ2v) is 12.9. The fourth-order valence-corrected chi connectivity index (χ4v) is 6.56. The Bertz CT molecular complexity index is 2160. The average molecular weight is 639 g/mol. The second-order valence-electron chi connectivity index (χ2n) is 12.9. The Kier molecular flexibility index (Phi) is 9.50. The minimum atomic E-state index is -0.333. The fraction of sp³-hybridized carbons (Fsp3) is 0.133. The molecule has 242 valence electrons. The summed E-state index contributed by atoms with van der Waals surface area (Å²) in [6, 6.07) is 42.4. The Labute approximate surface area is 290 Å². The van der Waals surface area contributed by atoms with Gasteiger partial charge in [0, 0.05) is 34.6 Å². The Hall–Kier alpha value is -5.87. The summed E-state index contributed by atoms with van der Waals surface area (Å²) in [5.41, 5.74) is 13.5. The van der Waals surface area contributed by atoms with Gasteiger partial charge in [0.25, 0.3) is 0 Å². The van der Waals surface area contributed by atoms with Gasteiger partial charge in [0.05, 0.1) is 5.69 Å². The largest absolute Gasteiger partial charge is 0.278 e. The number of anilines is 2. The van der Waals surface area contributed by atoms with Crippen LogP contribution in [0, 0.1) is 20.8 Å². The normalized spacial score (nSPS) is 13.2. The number of allylic oxidation sites excluding steroid dienone is 2. The molecule has 49 heavy (non-hydrogen) atoms. The SMILES string of the molecule is C=CC1=C(N=C)N(c2ccccn2)c2ccc(-c3cccc(-c4ccc(C)c(-c5cccnc5C)c4)c3)cc2C1(C)C.Cc1ccccc1. The third-order valence-corrected chi connectivity index (χ3v) is 9.27. The quantitative estimate of drug-likeness (QED) is 0.170. The van der Waals surface area contributed by atoms with Crippen LogP contribution in [0.5, 0.6) is 0 Å². The first-order valence-electron chi connectivity index (χ1n) is 16.6. The smallest absolute Gasteiger partial charge is 0.142 e. The molecule has 0 saturated heterocycles. The minimum Gasteiger partial charge on any atom is -0.278 e. The highest BCUT2D eigenvalue weighted by atomic mass is 15.3. The summed E-state index contributed by atoms with van der Waals surface area (Å²) in [5, 5.41) is 0. The third-order valence-electron chi connectivity index (χ3n) is 9.27. The molecule has 4 heteroatoms. The molecule has 4 nitrogen and oxygen atoms in total. The Balaban J connectivity index is 0.000000531. The highest BCUT2D eigenvalue weighted by Crippen LogP contribution is 2.49. The van der Waals surface area contributed by atoms with E-state index in [1.165, 1.54) is 38.9 Å². The van der Waals surface area contributed by atoms with Crippen molar-refractivity contribution in [2.75, 3.05) is 4.90 Å². The van der Waals surface area contributed by atoms with Crippen molar-refractivity contribution in [3.8, 4) is 33.4 Å². The Morgan fingerprint density at radius 1 is 0.653 bits per heavy atom. The lowest BCUT2D eigenvalue weighted by Gasteiger charge is -2.41. The van der Waals surface area contributed by atoms with E-state index in [1.54, 1.807) is 6.20 Å². The number of nitrogens with zero attached hydrogens (tertiary/aromatic N) is 4. The molecule has 7 rings (SSSR count). The molecular formula is C45H42N4. The third kappa shape index (κ3) is 6.63. The van der Waals surface area contributed by atoms with E-state index in [0.717, 1.165) is 39.7 Å². The Morgan fingerprint density at radius 2 is 1.33 bits per heavy atom. The van der Waals surface area contributed by atoms with Gasteiger partial charge >= 0.3 is 0 Å². The minimum absolute atomic E-state index is 0.333. The van der Waals surface area contributed by atoms with Crippen LogP contribution in [0.25, 0.3) is 33.4 Å². The van der Waals surface area contributed by atoms with Crippen LogP contribution in [0.4, 0.5) is 11.5 Å². The topological polar surface area (TPSA) is 41.4 Å². The van der Waals surface area contributed by atoms with Crippen molar-refractivity contribution in [1.82, 2.24) is 9.97 Å². The molecule has 0 spiro atoms. The molecule has 0 saturated carbocycles. The average Bonchev–Trinajstić information content (AvgIpc) is 3.13. The van der Waals surface area contributed by atoms with Gasteiger partial charge in [-0.15, -0.1) is 0 Å². The predicted molar refractivity (Wildman–Crippen MR) is 207 cm³/mol. The summed E-state index contributed by atoms with van der Waals surface area (Å²) in [6.07, 6.45) is 5.55. The molecule has 2 aromatic heterocycles. The van der Waals surface area contributed by atoms with Gasteiger partial charge < -0.3 is 0 Å². The van der Waals surface area contributed by atoms with Crippen molar-refractivity contribution in [3.05, 3.63) is 180 Å². The van der Waals surface area contributed by atoms with Crippen molar-refractivity contribution in [2.24, 2.45) is 4.99 Å². The zero-order valence-corrected chi connectivity index (χ0v) is 29.0. The standard InChI is InChI=1S/C38H34N4.C7H8/c1-7-33-37(39-6)42(36-15-8-9-20-41-36)35-19-18-30(24-34(35)38(33,4)5)28-13-10-12-27(22-28)29-17-16-25(2)32(23-29)31-14-11-21-40-26(31)3;1-7-5-3-2-4-6-7/h7-24H,1,6H2,2-5H3;2-6H,1H3. The summed E-state index contributed by atoms with van der Waals surface area (Å²) in [6.45, 7) is 18.8. The van der Waals surface area contributed by atoms with Crippen molar-refractivity contribution in [2.45, 2.75) is 40.0 Å². The van der Waals surface area contributed by atoms with Crippen LogP contribution >= 0.6 is 0 Å². The van der Waals surface area contributed by atoms with E-state index in [-0.39, 0.29) is 5.41 Å². The maximum Gasteiger partial charge on any atom is 0.142 e. The lowest BCUT2D eigenvalue weighted by atomic mass is 9.73. The first-order chi connectivity index (χ1) is 23.7. The summed E-state index contributed by atoms with van der Waals surface area (Å²) < 4.78 is 0. The molecule has 0 bridgehead atoms. The van der Waals surface area contributed by atoms with Crippen LogP contribution in [0.2, 0.25) is 0 Å². The summed E-state index contributed by atoms with van der Waals surface area (Å²) >= 11 is 0. The monoisotopic (exact) mass is 638 g/mol. The van der Waals surface area contributed by atoms with Crippen molar-refractivity contribution < 1.29 is 0 Å². The number of pyridine rings is 2. The molecular weight excluding hydrogens is 597 g/mol. The molecule has 1 aliphatic heterocycles. The summed E-state index contributed by atoms with van der Waals surface area (Å²) in [7, 11) is 0. The second kappa shape index (κ2) is 14.1. The first kappa shape index (κ1) is 33.0. The number of hydrogen-bond acceptors (Lipinski definition) is 4. The predicted octanol–water partition coefficient (Wildman–Crippen LogP) is 11.6. The number of aromatic nitrogens is 2. The molecule has 0 N–H and O–H groups in total. The van der Waals surface area contributed by atoms with Crippen molar-refractivity contribution in [3.63, 3.8) is 0 Å². The van der Waals surface area contributed by atoms with Crippen LogP contribution in [-0.4, -0.2) is 16.7 Å². The van der Waals surface area contributed by atoms with Crippen molar-refractivity contribution >= 4 is 18.2 Å². The number of benzene rings is 4. The maximum atomic E-state index is 4.65. The molecule has 0 atom stereocenters. The van der Waals surface area contributed by atoms with Crippen LogP contribution < -0.4 is 4.90 Å². The first-order valence-corrected chi connectivity index (χ1v) is 16.6. The fourth-order valence-electron chi connectivity index (χ4n) is 6.56. The molecule has 0 amide bonds. The number of fused-ring (bicyclic) bond motifs is 1. The number of aryl methyl sites for hydroxylation is 3. The van der Waals surface area contributed by atoms with Gasteiger partial charge in [-0.3, -0.25) is 9.88 Å². The molecule has 0 aliphatic carbocycles. The van der Waals surface area contributed by atoms with E-state index in [4.69, 9.17) is 0 Å². The van der Waals surface area contributed by atoms with Gasteiger partial charge in [0.2, 0.25) is 0 Å². The van der Waals surface area contributed by atoms with Crippen molar-refractivity contribution in [1.29, 1.82) is 0 Å². The lowest BCUT2D eigenvalue weighted by Crippen LogP contribution is -2.33. The van der Waals surface area contributed by atoms with Gasteiger partial charge in [-0.1, -0.05) is 111 Å². The molecule has 3 heterocycles. The molecule has 4 aromatic carbocycles. The van der Waals surface area contributed by atoms with Gasteiger partial charge in [-0.2, -0.15) is 0 Å².